The molecule has 1 aliphatic rings. The van der Waals surface area contributed by atoms with E-state index < -0.39 is 0 Å². The maximum absolute atomic E-state index is 12.9. The van der Waals surface area contributed by atoms with Gasteiger partial charge in [0.25, 0.3) is 5.91 Å². The predicted molar refractivity (Wildman–Crippen MR) is 111 cm³/mol. The van der Waals surface area contributed by atoms with E-state index in [-0.39, 0.29) is 5.91 Å². The number of thiophene rings is 1. The Hall–Kier alpha value is -2.99. The minimum Gasteiger partial charge on any atom is -0.494 e. The molecule has 0 bridgehead atoms. The largest absolute Gasteiger partial charge is 0.494 e. The predicted octanol–water partition coefficient (Wildman–Crippen LogP) is 5.36. The molecule has 0 radical (unpaired) electrons. The van der Waals surface area contributed by atoms with Crippen LogP contribution in [0.25, 0.3) is 10.4 Å². The van der Waals surface area contributed by atoms with Crippen LogP contribution in [0.4, 0.5) is 5.69 Å². The number of anilines is 1. The summed E-state index contributed by atoms with van der Waals surface area (Å²) in [5.74, 6) is 1.99. The average Bonchev–Trinajstić information content (AvgIpc) is 3.15. The fraction of sp³-hybridized carbons (Fsp3) is 0.227. The lowest BCUT2D eigenvalue weighted by atomic mass is 10.1. The molecule has 1 aromatic heterocycles. The maximum Gasteiger partial charge on any atom is 0.265 e. The molecule has 4 rings (SSSR count). The summed E-state index contributed by atoms with van der Waals surface area (Å²) >= 11 is 1.47. The van der Waals surface area contributed by atoms with Crippen LogP contribution in [0.3, 0.4) is 0 Å². The van der Waals surface area contributed by atoms with Crippen molar-refractivity contribution >= 4 is 22.9 Å². The monoisotopic (exact) mass is 395 g/mol. The van der Waals surface area contributed by atoms with Crippen molar-refractivity contribution in [2.45, 2.75) is 20.5 Å². The second kappa shape index (κ2) is 7.94. The van der Waals surface area contributed by atoms with E-state index in [1.807, 2.05) is 56.3 Å². The van der Waals surface area contributed by atoms with Gasteiger partial charge in [-0.3, -0.25) is 4.79 Å². The van der Waals surface area contributed by atoms with Gasteiger partial charge in [-0.15, -0.1) is 11.3 Å². The van der Waals surface area contributed by atoms with Gasteiger partial charge < -0.3 is 19.5 Å². The third-order valence-corrected chi connectivity index (χ3v) is 5.57. The van der Waals surface area contributed by atoms with E-state index >= 15 is 0 Å². The highest BCUT2D eigenvalue weighted by Crippen LogP contribution is 2.42. The Morgan fingerprint density at radius 2 is 1.93 bits per heavy atom. The summed E-state index contributed by atoms with van der Waals surface area (Å²) in [7, 11) is 0. The third kappa shape index (κ3) is 3.55. The van der Waals surface area contributed by atoms with Crippen molar-refractivity contribution in [1.82, 2.24) is 0 Å². The second-order valence-corrected chi connectivity index (χ2v) is 7.28. The number of fused-ring (bicyclic) bond motifs is 3. The Balaban J connectivity index is 1.62. The molecule has 0 fully saturated rings. The molecule has 28 heavy (non-hydrogen) atoms. The molecule has 1 N–H and O–H groups in total. The SMILES string of the molecule is CCOc1ccc(OCC)c(NC(=O)c2cc3c(s2)-c2ccccc2OC3)c1. The smallest absolute Gasteiger partial charge is 0.265 e. The van der Waals surface area contributed by atoms with E-state index in [4.69, 9.17) is 14.2 Å². The van der Waals surface area contributed by atoms with Gasteiger partial charge in [0.15, 0.2) is 0 Å². The van der Waals surface area contributed by atoms with Crippen LogP contribution in [0, 0.1) is 0 Å². The highest BCUT2D eigenvalue weighted by atomic mass is 32.1. The molecule has 3 aromatic rings. The standard InChI is InChI=1S/C22H21NO4S/c1-3-25-15-9-10-19(26-4-2)17(12-15)23-22(24)20-11-14-13-27-18-8-6-5-7-16(18)21(14)28-20/h5-12H,3-4,13H2,1-2H3,(H,23,24). The van der Waals surface area contributed by atoms with E-state index in [1.54, 1.807) is 6.07 Å². The number of amides is 1. The molecule has 2 heterocycles. The van der Waals surface area contributed by atoms with Gasteiger partial charge in [-0.25, -0.2) is 0 Å². The number of benzene rings is 2. The van der Waals surface area contributed by atoms with Crippen LogP contribution in [0.2, 0.25) is 0 Å². The van der Waals surface area contributed by atoms with Gasteiger partial charge in [0, 0.05) is 22.1 Å². The van der Waals surface area contributed by atoms with Crippen molar-refractivity contribution in [3.8, 4) is 27.7 Å². The fourth-order valence-electron chi connectivity index (χ4n) is 3.14. The number of rotatable bonds is 6. The van der Waals surface area contributed by atoms with Crippen molar-refractivity contribution in [1.29, 1.82) is 0 Å². The molecule has 6 heteroatoms. The third-order valence-electron chi connectivity index (χ3n) is 4.36. The highest BCUT2D eigenvalue weighted by molar-refractivity contribution is 7.17. The van der Waals surface area contributed by atoms with Crippen molar-refractivity contribution in [3.05, 3.63) is 59.0 Å². The Kier molecular flexibility index (Phi) is 5.21. The van der Waals surface area contributed by atoms with Crippen LogP contribution in [-0.4, -0.2) is 19.1 Å². The van der Waals surface area contributed by atoms with Gasteiger partial charge in [-0.1, -0.05) is 12.1 Å². The van der Waals surface area contributed by atoms with Crippen LogP contribution in [0.5, 0.6) is 17.2 Å². The highest BCUT2D eigenvalue weighted by Gasteiger charge is 2.23. The van der Waals surface area contributed by atoms with E-state index in [9.17, 15) is 4.79 Å². The zero-order valence-electron chi connectivity index (χ0n) is 15.8. The minimum absolute atomic E-state index is 0.175. The first-order chi connectivity index (χ1) is 13.7. The number of hydrogen-bond acceptors (Lipinski definition) is 5. The van der Waals surface area contributed by atoms with Crippen LogP contribution >= 0.6 is 11.3 Å². The molecule has 0 saturated heterocycles. The van der Waals surface area contributed by atoms with Gasteiger partial charge in [-0.2, -0.15) is 0 Å². The van der Waals surface area contributed by atoms with Crippen LogP contribution in [0.1, 0.15) is 29.1 Å². The summed E-state index contributed by atoms with van der Waals surface area (Å²) in [5.41, 5.74) is 2.66. The molecule has 144 valence electrons. The number of carbonyl (C=O) groups is 1. The van der Waals surface area contributed by atoms with Gasteiger partial charge >= 0.3 is 0 Å². The summed E-state index contributed by atoms with van der Waals surface area (Å²) in [4.78, 5) is 14.6. The molecule has 0 atom stereocenters. The summed E-state index contributed by atoms with van der Waals surface area (Å²) in [6.07, 6.45) is 0. The summed E-state index contributed by atoms with van der Waals surface area (Å²) < 4.78 is 17.0. The van der Waals surface area contributed by atoms with E-state index in [0.29, 0.717) is 41.9 Å². The summed E-state index contributed by atoms with van der Waals surface area (Å²) in [6, 6.07) is 15.2. The first-order valence-corrected chi connectivity index (χ1v) is 10.1. The molecule has 2 aromatic carbocycles. The molecule has 0 unspecified atom stereocenters. The first-order valence-electron chi connectivity index (χ1n) is 9.25. The fourth-order valence-corrected chi connectivity index (χ4v) is 4.23. The van der Waals surface area contributed by atoms with Gasteiger partial charge in [-0.05, 0) is 44.2 Å². The molecule has 0 aliphatic carbocycles. The van der Waals surface area contributed by atoms with Crippen molar-refractivity contribution in [3.63, 3.8) is 0 Å². The topological polar surface area (TPSA) is 56.8 Å². The Morgan fingerprint density at radius 3 is 2.75 bits per heavy atom. The molecule has 5 nitrogen and oxygen atoms in total. The number of nitrogens with one attached hydrogen (secondary N) is 1. The lowest BCUT2D eigenvalue weighted by molar-refractivity contribution is 0.103. The minimum atomic E-state index is -0.175. The molecule has 1 amide bonds. The van der Waals surface area contributed by atoms with E-state index in [0.717, 1.165) is 21.8 Å². The van der Waals surface area contributed by atoms with E-state index in [1.165, 1.54) is 11.3 Å². The van der Waals surface area contributed by atoms with Gasteiger partial charge in [0.05, 0.1) is 23.8 Å². The lowest BCUT2D eigenvalue weighted by Gasteiger charge is -2.16. The molecule has 1 aliphatic heterocycles. The summed E-state index contributed by atoms with van der Waals surface area (Å²) in [5, 5.41) is 2.97. The average molecular weight is 395 g/mol. The Morgan fingerprint density at radius 1 is 1.11 bits per heavy atom. The molecule has 0 saturated carbocycles. The first kappa shape index (κ1) is 18.4. The van der Waals surface area contributed by atoms with E-state index in [2.05, 4.69) is 5.32 Å². The lowest BCUT2D eigenvalue weighted by Crippen LogP contribution is -2.12. The number of hydrogen-bond donors (Lipinski definition) is 1. The molecule has 0 spiro atoms. The number of para-hydroxylation sites is 1. The number of ether oxygens (including phenoxy) is 3. The van der Waals surface area contributed by atoms with Crippen LogP contribution in [-0.2, 0) is 6.61 Å². The summed E-state index contributed by atoms with van der Waals surface area (Å²) in [6.45, 7) is 5.37. The zero-order valence-corrected chi connectivity index (χ0v) is 16.6. The van der Waals surface area contributed by atoms with Crippen molar-refractivity contribution < 1.29 is 19.0 Å². The molecular formula is C22H21NO4S. The van der Waals surface area contributed by atoms with Crippen LogP contribution < -0.4 is 19.5 Å². The van der Waals surface area contributed by atoms with Gasteiger partial charge in [0.2, 0.25) is 0 Å². The van der Waals surface area contributed by atoms with Gasteiger partial charge in [0.1, 0.15) is 23.9 Å². The van der Waals surface area contributed by atoms with Crippen molar-refractivity contribution in [2.24, 2.45) is 0 Å². The second-order valence-electron chi connectivity index (χ2n) is 6.23. The molecular weight excluding hydrogens is 374 g/mol. The quantitative estimate of drug-likeness (QED) is 0.611. The maximum atomic E-state index is 12.9. The van der Waals surface area contributed by atoms with Crippen LogP contribution in [0.15, 0.2) is 48.5 Å². The number of carbonyl (C=O) groups excluding carboxylic acids is 1. The normalized spacial score (nSPS) is 11.8. The Bertz CT molecular complexity index is 1010. The van der Waals surface area contributed by atoms with Crippen molar-refractivity contribution in [2.75, 3.05) is 18.5 Å². The zero-order chi connectivity index (χ0) is 19.5. The Labute approximate surface area is 167 Å².